The number of esters is 1. The van der Waals surface area contributed by atoms with Gasteiger partial charge in [-0.3, -0.25) is 4.79 Å². The molecule has 0 fully saturated rings. The van der Waals surface area contributed by atoms with E-state index in [0.29, 0.717) is 4.48 Å². The first-order chi connectivity index (χ1) is 11.6. The van der Waals surface area contributed by atoms with E-state index in [2.05, 4.69) is 6.58 Å². The average Bonchev–Trinajstić information content (AvgIpc) is 2.51. The van der Waals surface area contributed by atoms with Crippen molar-refractivity contribution in [3.05, 3.63) is 12.7 Å². The maximum absolute atomic E-state index is 12.6. The molecule has 0 saturated carbocycles. The van der Waals surface area contributed by atoms with Crippen molar-refractivity contribution in [3.8, 4) is 0 Å². The minimum atomic E-state index is -2.49. The zero-order valence-electron chi connectivity index (χ0n) is 16.0. The molecule has 0 radical (unpaired) electrons. The van der Waals surface area contributed by atoms with Gasteiger partial charge in [-0.2, -0.15) is 0 Å². The van der Waals surface area contributed by atoms with Crippen molar-refractivity contribution in [2.24, 2.45) is 0 Å². The van der Waals surface area contributed by atoms with E-state index in [0.717, 1.165) is 6.08 Å². The number of rotatable bonds is 13. The summed E-state index contributed by atoms with van der Waals surface area (Å²) in [6, 6.07) is 0. The Hall–Kier alpha value is -0.890. The van der Waals surface area contributed by atoms with E-state index in [4.69, 9.17) is 18.9 Å². The number of quaternary nitrogens is 1. The molecule has 25 heavy (non-hydrogen) atoms. The van der Waals surface area contributed by atoms with E-state index in [1.165, 1.54) is 0 Å². The van der Waals surface area contributed by atoms with E-state index in [-0.39, 0.29) is 26.4 Å². The fourth-order valence-corrected chi connectivity index (χ4v) is 3.71. The molecule has 2 atom stereocenters. The second-order valence-electron chi connectivity index (χ2n) is 6.08. The van der Waals surface area contributed by atoms with E-state index >= 15 is 0 Å². The Balaban J connectivity index is 5.88. The van der Waals surface area contributed by atoms with Crippen molar-refractivity contribution in [1.29, 1.82) is 0 Å². The molecule has 0 aromatic rings. The Morgan fingerprint density at radius 2 is 1.68 bits per heavy atom. The first-order valence-corrected chi connectivity index (χ1v) is 9.42. The van der Waals surface area contributed by atoms with Crippen LogP contribution in [0.1, 0.15) is 20.8 Å². The number of hydrogen-bond donors (Lipinski definition) is 1. The lowest BCUT2D eigenvalue weighted by atomic mass is 10.5. The van der Waals surface area contributed by atoms with Crippen molar-refractivity contribution in [3.63, 3.8) is 0 Å². The third kappa shape index (κ3) is 7.48. The number of carbonyl (C=O) groups excluding carboxylic acids is 2. The smallest absolute Gasteiger partial charge is 0.332 e. The van der Waals surface area contributed by atoms with E-state index in [1.807, 2.05) is 21.1 Å². The van der Waals surface area contributed by atoms with Crippen LogP contribution < -0.4 is 0 Å². The fourth-order valence-electron chi connectivity index (χ4n) is 1.98. The van der Waals surface area contributed by atoms with Gasteiger partial charge in [0.15, 0.2) is 8.15 Å². The van der Waals surface area contributed by atoms with Gasteiger partial charge in [-0.1, -0.05) is 6.58 Å². The molecule has 0 heterocycles. The highest BCUT2D eigenvalue weighted by atomic mass is 31.1. The number of nitrogens with zero attached hydrogens (tertiary/aromatic N) is 1. The van der Waals surface area contributed by atoms with Gasteiger partial charge in [0.1, 0.15) is 6.54 Å². The second kappa shape index (κ2) is 11.0. The zero-order chi connectivity index (χ0) is 19.7. The Morgan fingerprint density at radius 3 is 2.04 bits per heavy atom. The van der Waals surface area contributed by atoms with Gasteiger partial charge in [0.05, 0.1) is 21.1 Å². The first kappa shape index (κ1) is 24.1. The molecule has 0 amide bonds. The zero-order valence-corrected chi connectivity index (χ0v) is 16.9. The standard InChI is InChI=1S/C16H31NO7P/c1-8-13(18)24-15(21-9-2)16(22-10-3,23-11-4)25(20)14(19)12-17(5,6)7/h8,15,20H,1,9-12H2,2-7H3/q+1. The molecule has 9 heteroatoms. The first-order valence-electron chi connectivity index (χ1n) is 8.12. The van der Waals surface area contributed by atoms with Crippen LogP contribution in [0.2, 0.25) is 0 Å². The van der Waals surface area contributed by atoms with Crippen LogP contribution in [-0.2, 0) is 28.5 Å². The summed E-state index contributed by atoms with van der Waals surface area (Å²) >= 11 is 0. The lowest BCUT2D eigenvalue weighted by Gasteiger charge is -2.40. The van der Waals surface area contributed by atoms with Crippen LogP contribution in [0.25, 0.3) is 0 Å². The number of hydrogen-bond acceptors (Lipinski definition) is 7. The molecule has 2 unspecified atom stereocenters. The van der Waals surface area contributed by atoms with Crippen molar-refractivity contribution >= 4 is 19.6 Å². The summed E-state index contributed by atoms with van der Waals surface area (Å²) in [5.41, 5.74) is -2.36. The van der Waals surface area contributed by atoms with E-state index in [1.54, 1.807) is 20.8 Å². The SMILES string of the molecule is C=CC(=O)OC(OCC)C(OCC)(OCC)P(O)C(=O)C[N+](C)(C)C. The molecule has 1 N–H and O–H groups in total. The van der Waals surface area contributed by atoms with Gasteiger partial charge in [-0.15, -0.1) is 0 Å². The molecule has 0 aliphatic carbocycles. The summed E-state index contributed by atoms with van der Waals surface area (Å²) in [6.45, 7) is 8.83. The molecule has 8 nitrogen and oxygen atoms in total. The lowest BCUT2D eigenvalue weighted by Crippen LogP contribution is -2.52. The topological polar surface area (TPSA) is 91.3 Å². The highest BCUT2D eigenvalue weighted by Gasteiger charge is 2.55. The van der Waals surface area contributed by atoms with Gasteiger partial charge in [0, 0.05) is 25.9 Å². The van der Waals surface area contributed by atoms with Gasteiger partial charge in [0.2, 0.25) is 5.52 Å². The van der Waals surface area contributed by atoms with E-state index < -0.39 is 31.5 Å². The molecule has 0 aromatic carbocycles. The molecule has 146 valence electrons. The summed E-state index contributed by atoms with van der Waals surface area (Å²) in [5.74, 6) is -0.773. The van der Waals surface area contributed by atoms with Crippen LogP contribution in [0.4, 0.5) is 0 Å². The van der Waals surface area contributed by atoms with Crippen molar-refractivity contribution in [2.75, 3.05) is 47.5 Å². The minimum absolute atomic E-state index is 0.0539. The van der Waals surface area contributed by atoms with Gasteiger partial charge in [-0.05, 0) is 20.8 Å². The number of ether oxygens (including phenoxy) is 4. The molecule has 0 aliphatic heterocycles. The third-order valence-corrected chi connectivity index (χ3v) is 4.52. The molecule has 0 aromatic heterocycles. The van der Waals surface area contributed by atoms with Gasteiger partial charge >= 0.3 is 5.97 Å². The predicted molar refractivity (Wildman–Crippen MR) is 94.7 cm³/mol. The monoisotopic (exact) mass is 380 g/mol. The summed E-state index contributed by atoms with van der Waals surface area (Å²) in [6.07, 6.45) is -0.447. The molecule has 0 rings (SSSR count). The van der Waals surface area contributed by atoms with Crippen molar-refractivity contribution in [2.45, 2.75) is 32.6 Å². The normalized spacial score (nSPS) is 14.7. The van der Waals surface area contributed by atoms with Crippen LogP contribution >= 0.6 is 8.15 Å². The van der Waals surface area contributed by atoms with Crippen LogP contribution in [0, 0.1) is 0 Å². The van der Waals surface area contributed by atoms with Crippen LogP contribution in [0.5, 0.6) is 0 Å². The number of carbonyl (C=O) groups is 2. The molecule has 0 bridgehead atoms. The molecular formula is C16H31NO7P+. The van der Waals surface area contributed by atoms with Gasteiger partial charge in [0.25, 0.3) is 11.8 Å². The maximum Gasteiger partial charge on any atom is 0.332 e. The van der Waals surface area contributed by atoms with Gasteiger partial charge in [-0.25, -0.2) is 4.79 Å². The fraction of sp³-hybridized carbons (Fsp3) is 0.750. The number of likely N-dealkylation sites (N-methyl/N-ethyl adjacent to an activating group) is 1. The summed E-state index contributed by atoms with van der Waals surface area (Å²) in [4.78, 5) is 35.1. The van der Waals surface area contributed by atoms with Crippen molar-refractivity contribution in [1.82, 2.24) is 0 Å². The third-order valence-electron chi connectivity index (χ3n) is 2.85. The quantitative estimate of drug-likeness (QED) is 0.170. The molecule has 0 saturated heterocycles. The molecule has 0 aliphatic rings. The van der Waals surface area contributed by atoms with Crippen molar-refractivity contribution < 1.29 is 37.9 Å². The Morgan fingerprint density at radius 1 is 1.16 bits per heavy atom. The summed E-state index contributed by atoms with van der Waals surface area (Å²) < 4.78 is 22.2. The molecule has 0 spiro atoms. The largest absolute Gasteiger partial charge is 0.426 e. The summed E-state index contributed by atoms with van der Waals surface area (Å²) in [5, 5.41) is 0. The molecular weight excluding hydrogens is 349 g/mol. The lowest BCUT2D eigenvalue weighted by molar-refractivity contribution is -0.861. The Bertz CT molecular complexity index is 444. The van der Waals surface area contributed by atoms with E-state index in [9.17, 15) is 14.5 Å². The minimum Gasteiger partial charge on any atom is -0.426 e. The van der Waals surface area contributed by atoms with Gasteiger partial charge < -0.3 is 28.3 Å². The van der Waals surface area contributed by atoms with Crippen LogP contribution in [0.15, 0.2) is 12.7 Å². The Labute approximate surface area is 151 Å². The maximum atomic E-state index is 12.6. The predicted octanol–water partition coefficient (Wildman–Crippen LogP) is 1.43. The average molecular weight is 380 g/mol. The van der Waals surface area contributed by atoms with Crippen LogP contribution in [-0.4, -0.2) is 80.2 Å². The summed E-state index contributed by atoms with van der Waals surface area (Å²) in [7, 11) is 2.98. The Kier molecular flexibility index (Phi) is 10.6. The highest BCUT2D eigenvalue weighted by Crippen LogP contribution is 2.52. The second-order valence-corrected chi connectivity index (χ2v) is 7.82. The van der Waals surface area contributed by atoms with Crippen LogP contribution in [0.3, 0.4) is 0 Å². The highest BCUT2D eigenvalue weighted by molar-refractivity contribution is 7.70.